The molecule has 1 aliphatic heterocycles. The lowest BCUT2D eigenvalue weighted by Crippen LogP contribution is -2.41. The van der Waals surface area contributed by atoms with Gasteiger partial charge in [0, 0.05) is 36.9 Å². The molecule has 1 saturated heterocycles. The zero-order chi connectivity index (χ0) is 16.8. The summed E-state index contributed by atoms with van der Waals surface area (Å²) in [6, 6.07) is 11.9. The van der Waals surface area contributed by atoms with Crippen LogP contribution in [0.5, 0.6) is 0 Å². The Kier molecular flexibility index (Phi) is 9.14. The van der Waals surface area contributed by atoms with Crippen LogP contribution in [-0.2, 0) is 4.79 Å². The molecule has 140 valence electrons. The predicted octanol–water partition coefficient (Wildman–Crippen LogP) is 2.59. The Hall–Kier alpha value is -2.07. The number of benzene rings is 1. The maximum atomic E-state index is 12.1. The lowest BCUT2D eigenvalue weighted by atomic mass is 10.2. The number of aromatic nitrogens is 1. The largest absolute Gasteiger partial charge is 0.383 e. The van der Waals surface area contributed by atoms with Crippen molar-refractivity contribution in [3.05, 3.63) is 36.5 Å². The molecule has 3 rings (SSSR count). The fraction of sp³-hybridized carbons (Fsp3) is 0.389. The minimum absolute atomic E-state index is 0. The van der Waals surface area contributed by atoms with E-state index in [1.54, 1.807) is 11.1 Å². The number of para-hydroxylation sites is 1. The van der Waals surface area contributed by atoms with Gasteiger partial charge in [0.25, 0.3) is 0 Å². The van der Waals surface area contributed by atoms with Gasteiger partial charge in [0.05, 0.1) is 18.1 Å². The first kappa shape index (κ1) is 22.0. The van der Waals surface area contributed by atoms with Crippen LogP contribution >= 0.6 is 24.8 Å². The molecule has 1 unspecified atom stereocenters. The highest BCUT2D eigenvalue weighted by Crippen LogP contribution is 2.20. The number of amides is 1. The number of nitriles is 1. The van der Waals surface area contributed by atoms with Gasteiger partial charge in [-0.15, -0.1) is 24.8 Å². The third kappa shape index (κ3) is 5.21. The normalized spacial score (nSPS) is 15.7. The molecule has 0 bridgehead atoms. The molecule has 1 amide bonds. The van der Waals surface area contributed by atoms with Gasteiger partial charge in [-0.3, -0.25) is 9.78 Å². The van der Waals surface area contributed by atoms with Crippen molar-refractivity contribution in [3.8, 4) is 6.07 Å². The van der Waals surface area contributed by atoms with E-state index in [2.05, 4.69) is 21.7 Å². The van der Waals surface area contributed by atoms with Crippen LogP contribution in [0.4, 0.5) is 5.69 Å². The molecule has 1 aromatic carbocycles. The van der Waals surface area contributed by atoms with Crippen molar-refractivity contribution in [2.75, 3.05) is 31.5 Å². The van der Waals surface area contributed by atoms with E-state index in [0.717, 1.165) is 29.4 Å². The molecule has 2 N–H and O–H groups in total. The molecular weight excluding hydrogens is 373 g/mol. The predicted molar refractivity (Wildman–Crippen MR) is 108 cm³/mol. The molecule has 0 saturated carbocycles. The van der Waals surface area contributed by atoms with Gasteiger partial charge in [-0.1, -0.05) is 18.2 Å². The van der Waals surface area contributed by atoms with Crippen molar-refractivity contribution in [3.63, 3.8) is 0 Å². The fourth-order valence-electron chi connectivity index (χ4n) is 3.03. The zero-order valence-electron chi connectivity index (χ0n) is 14.4. The quantitative estimate of drug-likeness (QED) is 0.734. The summed E-state index contributed by atoms with van der Waals surface area (Å²) >= 11 is 0. The number of hydrogen-bond donors (Lipinski definition) is 2. The number of likely N-dealkylation sites (tertiary alicyclic amines) is 1. The number of carbonyl (C=O) groups is 1. The van der Waals surface area contributed by atoms with E-state index in [0.29, 0.717) is 19.6 Å². The molecule has 1 aliphatic rings. The first-order valence-corrected chi connectivity index (χ1v) is 8.27. The van der Waals surface area contributed by atoms with E-state index in [1.165, 1.54) is 0 Å². The number of fused-ring (bicyclic) bond motifs is 1. The lowest BCUT2D eigenvalue weighted by molar-refractivity contribution is -0.130. The van der Waals surface area contributed by atoms with Gasteiger partial charge >= 0.3 is 0 Å². The summed E-state index contributed by atoms with van der Waals surface area (Å²) in [7, 11) is 0. The van der Waals surface area contributed by atoms with Gasteiger partial charge in [-0.05, 0) is 25.0 Å². The van der Waals surface area contributed by atoms with Crippen LogP contribution in [0.2, 0.25) is 0 Å². The maximum absolute atomic E-state index is 12.1. The summed E-state index contributed by atoms with van der Waals surface area (Å²) in [5, 5.41) is 16.6. The number of pyridine rings is 1. The second-order valence-electron chi connectivity index (χ2n) is 5.85. The molecule has 0 aliphatic carbocycles. The first-order valence-electron chi connectivity index (χ1n) is 8.27. The molecule has 1 atom stereocenters. The summed E-state index contributed by atoms with van der Waals surface area (Å²) in [5.41, 5.74) is 2.00. The van der Waals surface area contributed by atoms with E-state index in [9.17, 15) is 4.79 Å². The van der Waals surface area contributed by atoms with Crippen LogP contribution in [0.15, 0.2) is 36.5 Å². The van der Waals surface area contributed by atoms with E-state index >= 15 is 0 Å². The second kappa shape index (κ2) is 10.8. The Morgan fingerprint density at radius 2 is 2.08 bits per heavy atom. The highest BCUT2D eigenvalue weighted by Gasteiger charge is 2.27. The summed E-state index contributed by atoms with van der Waals surface area (Å²) in [5.74, 6) is 0.00779. The smallest absolute Gasteiger partial charge is 0.237 e. The van der Waals surface area contributed by atoms with Crippen molar-refractivity contribution in [1.29, 1.82) is 5.26 Å². The molecule has 6 nitrogen and oxygen atoms in total. The van der Waals surface area contributed by atoms with Crippen LogP contribution in [0.25, 0.3) is 10.9 Å². The minimum Gasteiger partial charge on any atom is -0.383 e. The van der Waals surface area contributed by atoms with Gasteiger partial charge < -0.3 is 15.5 Å². The monoisotopic (exact) mass is 395 g/mol. The van der Waals surface area contributed by atoms with E-state index in [-0.39, 0.29) is 43.3 Å². The van der Waals surface area contributed by atoms with Crippen molar-refractivity contribution < 1.29 is 4.79 Å². The second-order valence-corrected chi connectivity index (χ2v) is 5.85. The third-order valence-electron chi connectivity index (χ3n) is 4.26. The Morgan fingerprint density at radius 3 is 2.88 bits per heavy atom. The molecule has 26 heavy (non-hydrogen) atoms. The van der Waals surface area contributed by atoms with Gasteiger partial charge in [0.2, 0.25) is 5.91 Å². The van der Waals surface area contributed by atoms with Crippen LogP contribution in [0.3, 0.4) is 0 Å². The van der Waals surface area contributed by atoms with Crippen LogP contribution in [0, 0.1) is 11.3 Å². The first-order chi connectivity index (χ1) is 11.8. The van der Waals surface area contributed by atoms with Gasteiger partial charge in [-0.2, -0.15) is 5.26 Å². The van der Waals surface area contributed by atoms with Crippen molar-refractivity contribution in [2.24, 2.45) is 0 Å². The molecule has 1 fully saturated rings. The SMILES string of the molecule is Cl.Cl.N#CC1CCCN1C(=O)CNCCNc1ccnc2ccccc12. The van der Waals surface area contributed by atoms with Crippen molar-refractivity contribution >= 4 is 47.3 Å². The van der Waals surface area contributed by atoms with Gasteiger partial charge in [0.15, 0.2) is 0 Å². The maximum Gasteiger partial charge on any atom is 0.237 e. The third-order valence-corrected chi connectivity index (χ3v) is 4.26. The Balaban J connectivity index is 0.00000169. The zero-order valence-corrected chi connectivity index (χ0v) is 16.0. The lowest BCUT2D eigenvalue weighted by Gasteiger charge is -2.19. The topological polar surface area (TPSA) is 81.0 Å². The van der Waals surface area contributed by atoms with E-state index in [4.69, 9.17) is 5.26 Å². The molecule has 0 spiro atoms. The van der Waals surface area contributed by atoms with E-state index in [1.807, 2.05) is 30.3 Å². The van der Waals surface area contributed by atoms with Gasteiger partial charge in [0.1, 0.15) is 6.04 Å². The van der Waals surface area contributed by atoms with Crippen LogP contribution < -0.4 is 10.6 Å². The van der Waals surface area contributed by atoms with Crippen molar-refractivity contribution in [2.45, 2.75) is 18.9 Å². The summed E-state index contributed by atoms with van der Waals surface area (Å²) in [6.45, 7) is 2.35. The molecule has 8 heteroatoms. The summed E-state index contributed by atoms with van der Waals surface area (Å²) in [4.78, 5) is 18.1. The Bertz CT molecular complexity index is 759. The van der Waals surface area contributed by atoms with Crippen LogP contribution in [0.1, 0.15) is 12.8 Å². The summed E-state index contributed by atoms with van der Waals surface area (Å²) < 4.78 is 0. The summed E-state index contributed by atoms with van der Waals surface area (Å²) in [6.07, 6.45) is 3.50. The fourth-order valence-corrected chi connectivity index (χ4v) is 3.03. The highest BCUT2D eigenvalue weighted by atomic mass is 35.5. The van der Waals surface area contributed by atoms with Crippen molar-refractivity contribution in [1.82, 2.24) is 15.2 Å². The van der Waals surface area contributed by atoms with E-state index < -0.39 is 0 Å². The Labute approximate surface area is 165 Å². The number of hydrogen-bond acceptors (Lipinski definition) is 5. The number of halogens is 2. The number of anilines is 1. The number of nitrogens with zero attached hydrogens (tertiary/aromatic N) is 3. The number of nitrogens with one attached hydrogen (secondary N) is 2. The number of carbonyl (C=O) groups excluding carboxylic acids is 1. The van der Waals surface area contributed by atoms with Crippen LogP contribution in [-0.4, -0.2) is 48.0 Å². The standard InChI is InChI=1S/C18H21N5O.2ClH/c19-12-14-4-3-11-23(14)18(24)13-20-9-10-22-17-7-8-21-16-6-2-1-5-15(16)17;;/h1-2,5-8,14,20H,3-4,9-11,13H2,(H,21,22);2*1H. The Morgan fingerprint density at radius 1 is 1.27 bits per heavy atom. The van der Waals surface area contributed by atoms with Gasteiger partial charge in [-0.25, -0.2) is 0 Å². The molecule has 2 aromatic rings. The average molecular weight is 396 g/mol. The molecule has 0 radical (unpaired) electrons. The average Bonchev–Trinajstić information content (AvgIpc) is 3.10. The molecule has 1 aromatic heterocycles. The molecular formula is C18H23Cl2N5O. The highest BCUT2D eigenvalue weighted by molar-refractivity contribution is 5.90. The minimum atomic E-state index is -0.249. The number of rotatable bonds is 6. The molecule has 2 heterocycles.